The number of hydrogen-bond acceptors (Lipinski definition) is 3. The number of unbranched alkanes of at least 4 members (excludes halogenated alkanes) is 1. The van der Waals surface area contributed by atoms with Gasteiger partial charge < -0.3 is 10.2 Å². The van der Waals surface area contributed by atoms with Crippen molar-refractivity contribution < 1.29 is 8.81 Å². The standard InChI is InChI=1S/C15H19FN2O/c1-2-3-4-15-18-13-6-5-11(8-14(13)19-15)7-12(9-16)10-17/h5-6,8-9H,2-4,7,10,17H2,1H3. The highest BCUT2D eigenvalue weighted by atomic mass is 19.1. The van der Waals surface area contributed by atoms with E-state index in [1.807, 2.05) is 18.2 Å². The zero-order chi connectivity index (χ0) is 13.7. The number of aromatic nitrogens is 1. The lowest BCUT2D eigenvalue weighted by molar-refractivity contribution is 0.517. The largest absolute Gasteiger partial charge is 0.441 e. The fraction of sp³-hybridized carbons (Fsp3) is 0.400. The molecule has 0 aliphatic heterocycles. The van der Waals surface area contributed by atoms with Crippen molar-refractivity contribution in [1.29, 1.82) is 0 Å². The lowest BCUT2D eigenvalue weighted by Crippen LogP contribution is -2.05. The number of hydrogen-bond donors (Lipinski definition) is 1. The molecule has 0 radical (unpaired) electrons. The van der Waals surface area contributed by atoms with Crippen LogP contribution in [-0.2, 0) is 12.8 Å². The topological polar surface area (TPSA) is 52.0 Å². The van der Waals surface area contributed by atoms with Crippen LogP contribution in [0.25, 0.3) is 11.1 Å². The molecule has 102 valence electrons. The normalized spacial score (nSPS) is 12.3. The van der Waals surface area contributed by atoms with Gasteiger partial charge >= 0.3 is 0 Å². The number of oxazole rings is 1. The van der Waals surface area contributed by atoms with Gasteiger partial charge in [-0.15, -0.1) is 0 Å². The Balaban J connectivity index is 2.20. The molecule has 3 nitrogen and oxygen atoms in total. The van der Waals surface area contributed by atoms with Crippen molar-refractivity contribution in [3.63, 3.8) is 0 Å². The molecule has 0 saturated heterocycles. The number of fused-ring (bicyclic) bond motifs is 1. The Labute approximate surface area is 112 Å². The number of benzene rings is 1. The van der Waals surface area contributed by atoms with Gasteiger partial charge in [0.1, 0.15) is 5.52 Å². The van der Waals surface area contributed by atoms with Gasteiger partial charge in [0.05, 0.1) is 6.33 Å². The molecule has 1 aromatic heterocycles. The van der Waals surface area contributed by atoms with E-state index in [2.05, 4.69) is 11.9 Å². The quantitative estimate of drug-likeness (QED) is 0.866. The summed E-state index contributed by atoms with van der Waals surface area (Å²) in [6.45, 7) is 2.37. The monoisotopic (exact) mass is 262 g/mol. The molecule has 0 bridgehead atoms. The number of nitrogens with two attached hydrogens (primary N) is 1. The predicted molar refractivity (Wildman–Crippen MR) is 74.6 cm³/mol. The van der Waals surface area contributed by atoms with Gasteiger partial charge in [0.15, 0.2) is 11.5 Å². The van der Waals surface area contributed by atoms with E-state index in [1.54, 1.807) is 0 Å². The molecule has 0 amide bonds. The first-order chi connectivity index (χ1) is 9.26. The molecule has 1 heterocycles. The lowest BCUT2D eigenvalue weighted by Gasteiger charge is -2.02. The van der Waals surface area contributed by atoms with E-state index >= 15 is 0 Å². The van der Waals surface area contributed by atoms with E-state index in [9.17, 15) is 4.39 Å². The minimum Gasteiger partial charge on any atom is -0.441 e. The molecule has 1 aromatic carbocycles. The molecule has 0 unspecified atom stereocenters. The van der Waals surface area contributed by atoms with Crippen molar-refractivity contribution >= 4 is 11.1 Å². The second-order valence-corrected chi connectivity index (χ2v) is 4.66. The van der Waals surface area contributed by atoms with E-state index < -0.39 is 0 Å². The second-order valence-electron chi connectivity index (χ2n) is 4.66. The Morgan fingerprint density at radius 3 is 3.00 bits per heavy atom. The van der Waals surface area contributed by atoms with Crippen LogP contribution in [0.15, 0.2) is 34.5 Å². The molecular formula is C15H19FN2O. The van der Waals surface area contributed by atoms with Gasteiger partial charge in [0, 0.05) is 13.0 Å². The average Bonchev–Trinajstić information content (AvgIpc) is 2.84. The Morgan fingerprint density at radius 2 is 2.32 bits per heavy atom. The van der Waals surface area contributed by atoms with Crippen molar-refractivity contribution in [3.05, 3.63) is 41.6 Å². The van der Waals surface area contributed by atoms with Gasteiger partial charge in [-0.05, 0) is 36.1 Å². The molecular weight excluding hydrogens is 243 g/mol. The molecule has 0 spiro atoms. The Kier molecular flexibility index (Phi) is 4.68. The predicted octanol–water partition coefficient (Wildman–Crippen LogP) is 3.53. The van der Waals surface area contributed by atoms with Gasteiger partial charge in [0.2, 0.25) is 0 Å². The van der Waals surface area contributed by atoms with Crippen molar-refractivity contribution in [2.45, 2.75) is 32.6 Å². The summed E-state index contributed by atoms with van der Waals surface area (Å²) in [7, 11) is 0. The van der Waals surface area contributed by atoms with Crippen LogP contribution in [0.1, 0.15) is 31.2 Å². The first kappa shape index (κ1) is 13.7. The SMILES string of the molecule is CCCCc1nc2ccc(CC(=CF)CN)cc2o1. The molecule has 2 rings (SSSR count). The Bertz CT molecular complexity index is 575. The van der Waals surface area contributed by atoms with E-state index in [1.165, 1.54) is 0 Å². The third-order valence-electron chi connectivity index (χ3n) is 3.09. The molecule has 0 fully saturated rings. The Hall–Kier alpha value is -1.68. The first-order valence-corrected chi connectivity index (χ1v) is 6.63. The number of rotatable bonds is 6. The maximum absolute atomic E-state index is 12.5. The molecule has 0 aliphatic rings. The summed E-state index contributed by atoms with van der Waals surface area (Å²) in [6, 6.07) is 5.76. The van der Waals surface area contributed by atoms with Gasteiger partial charge in [-0.3, -0.25) is 0 Å². The van der Waals surface area contributed by atoms with Crippen LogP contribution in [-0.4, -0.2) is 11.5 Å². The summed E-state index contributed by atoms with van der Waals surface area (Å²) in [5.74, 6) is 0.772. The molecule has 2 N–H and O–H groups in total. The summed E-state index contributed by atoms with van der Waals surface area (Å²) in [4.78, 5) is 4.43. The van der Waals surface area contributed by atoms with Crippen molar-refractivity contribution in [2.75, 3.05) is 6.54 Å². The van der Waals surface area contributed by atoms with E-state index in [-0.39, 0.29) is 6.54 Å². The van der Waals surface area contributed by atoms with E-state index in [0.29, 0.717) is 18.3 Å². The minimum atomic E-state index is 0.229. The van der Waals surface area contributed by atoms with Crippen LogP contribution < -0.4 is 5.73 Å². The summed E-state index contributed by atoms with van der Waals surface area (Å²) < 4.78 is 18.2. The number of aryl methyl sites for hydroxylation is 1. The van der Waals surface area contributed by atoms with Crippen LogP contribution in [0.2, 0.25) is 0 Å². The summed E-state index contributed by atoms with van der Waals surface area (Å²) in [5.41, 5.74) is 8.64. The van der Waals surface area contributed by atoms with Crippen LogP contribution >= 0.6 is 0 Å². The van der Waals surface area contributed by atoms with Crippen LogP contribution in [0, 0.1) is 0 Å². The minimum absolute atomic E-state index is 0.229. The highest BCUT2D eigenvalue weighted by molar-refractivity contribution is 5.73. The first-order valence-electron chi connectivity index (χ1n) is 6.63. The number of nitrogens with zero attached hydrogens (tertiary/aromatic N) is 1. The average molecular weight is 262 g/mol. The zero-order valence-electron chi connectivity index (χ0n) is 11.2. The maximum Gasteiger partial charge on any atom is 0.195 e. The molecule has 0 aliphatic carbocycles. The molecule has 19 heavy (non-hydrogen) atoms. The van der Waals surface area contributed by atoms with Crippen molar-refractivity contribution in [3.8, 4) is 0 Å². The fourth-order valence-electron chi connectivity index (χ4n) is 1.98. The summed E-state index contributed by atoms with van der Waals surface area (Å²) in [6.07, 6.45) is 4.14. The third kappa shape index (κ3) is 3.41. The van der Waals surface area contributed by atoms with Crippen LogP contribution in [0.4, 0.5) is 4.39 Å². The molecule has 0 atom stereocenters. The third-order valence-corrected chi connectivity index (χ3v) is 3.09. The van der Waals surface area contributed by atoms with E-state index in [0.717, 1.165) is 41.8 Å². The Morgan fingerprint density at radius 1 is 1.47 bits per heavy atom. The summed E-state index contributed by atoms with van der Waals surface area (Å²) >= 11 is 0. The fourth-order valence-corrected chi connectivity index (χ4v) is 1.98. The summed E-state index contributed by atoms with van der Waals surface area (Å²) in [5, 5.41) is 0. The van der Waals surface area contributed by atoms with Crippen LogP contribution in [0.3, 0.4) is 0 Å². The highest BCUT2D eigenvalue weighted by Crippen LogP contribution is 2.20. The molecule has 0 saturated carbocycles. The maximum atomic E-state index is 12.5. The van der Waals surface area contributed by atoms with E-state index in [4.69, 9.17) is 10.2 Å². The van der Waals surface area contributed by atoms with Crippen molar-refractivity contribution in [1.82, 2.24) is 4.98 Å². The van der Waals surface area contributed by atoms with Gasteiger partial charge in [-0.25, -0.2) is 9.37 Å². The van der Waals surface area contributed by atoms with Crippen molar-refractivity contribution in [2.24, 2.45) is 5.73 Å². The molecule has 2 aromatic rings. The second kappa shape index (κ2) is 6.48. The lowest BCUT2D eigenvalue weighted by atomic mass is 10.1. The highest BCUT2D eigenvalue weighted by Gasteiger charge is 2.07. The number of halogens is 1. The zero-order valence-corrected chi connectivity index (χ0v) is 11.2. The molecule has 4 heteroatoms. The van der Waals surface area contributed by atoms with Gasteiger partial charge in [0.25, 0.3) is 0 Å². The van der Waals surface area contributed by atoms with Gasteiger partial charge in [-0.1, -0.05) is 19.4 Å². The smallest absolute Gasteiger partial charge is 0.195 e. The van der Waals surface area contributed by atoms with Crippen LogP contribution in [0.5, 0.6) is 0 Å². The van der Waals surface area contributed by atoms with Gasteiger partial charge in [-0.2, -0.15) is 0 Å².